The number of rotatable bonds is 5. The first-order valence-corrected chi connectivity index (χ1v) is 8.04. The minimum Gasteiger partial charge on any atom is -0.308 e. The SMILES string of the molecule is CC(C)NCc1ncn(CC2CSc3ccccc32)n1. The Morgan fingerprint density at radius 1 is 1.40 bits per heavy atom. The molecule has 20 heavy (non-hydrogen) atoms. The van der Waals surface area contributed by atoms with Crippen molar-refractivity contribution < 1.29 is 0 Å². The Morgan fingerprint density at radius 3 is 3.10 bits per heavy atom. The fourth-order valence-electron chi connectivity index (χ4n) is 2.40. The number of fused-ring (bicyclic) bond motifs is 1. The fraction of sp³-hybridized carbons (Fsp3) is 0.467. The third-order valence-electron chi connectivity index (χ3n) is 3.46. The summed E-state index contributed by atoms with van der Waals surface area (Å²) in [5, 5.41) is 7.89. The summed E-state index contributed by atoms with van der Waals surface area (Å²) >= 11 is 1.94. The van der Waals surface area contributed by atoms with E-state index in [0.29, 0.717) is 12.0 Å². The van der Waals surface area contributed by atoms with Crippen LogP contribution in [0.3, 0.4) is 0 Å². The van der Waals surface area contributed by atoms with Gasteiger partial charge in [-0.25, -0.2) is 4.98 Å². The van der Waals surface area contributed by atoms with Gasteiger partial charge in [0.15, 0.2) is 5.82 Å². The molecule has 0 saturated carbocycles. The Hall–Kier alpha value is -1.33. The highest BCUT2D eigenvalue weighted by Gasteiger charge is 2.23. The number of aromatic nitrogens is 3. The minimum atomic E-state index is 0.458. The van der Waals surface area contributed by atoms with Gasteiger partial charge >= 0.3 is 0 Å². The van der Waals surface area contributed by atoms with Crippen LogP contribution >= 0.6 is 11.8 Å². The first kappa shape index (κ1) is 13.6. The molecule has 4 nitrogen and oxygen atoms in total. The molecule has 106 valence electrons. The van der Waals surface area contributed by atoms with Crippen molar-refractivity contribution in [1.29, 1.82) is 0 Å². The van der Waals surface area contributed by atoms with Gasteiger partial charge in [-0.2, -0.15) is 5.10 Å². The second-order valence-electron chi connectivity index (χ2n) is 5.46. The molecule has 0 radical (unpaired) electrons. The van der Waals surface area contributed by atoms with Crippen LogP contribution in [0.5, 0.6) is 0 Å². The number of thioether (sulfide) groups is 1. The van der Waals surface area contributed by atoms with E-state index in [9.17, 15) is 0 Å². The lowest BCUT2D eigenvalue weighted by Crippen LogP contribution is -2.22. The smallest absolute Gasteiger partial charge is 0.164 e. The summed E-state index contributed by atoms with van der Waals surface area (Å²) in [6.07, 6.45) is 1.85. The van der Waals surface area contributed by atoms with Crippen molar-refractivity contribution in [2.45, 2.75) is 43.8 Å². The van der Waals surface area contributed by atoms with Crippen LogP contribution in [0.25, 0.3) is 0 Å². The summed E-state index contributed by atoms with van der Waals surface area (Å²) in [5.74, 6) is 2.56. The normalized spacial score (nSPS) is 17.6. The number of nitrogens with one attached hydrogen (secondary N) is 1. The molecule has 0 spiro atoms. The van der Waals surface area contributed by atoms with E-state index in [2.05, 4.69) is 53.5 Å². The zero-order valence-corrected chi connectivity index (χ0v) is 12.7. The van der Waals surface area contributed by atoms with E-state index < -0.39 is 0 Å². The van der Waals surface area contributed by atoms with E-state index in [1.165, 1.54) is 10.5 Å². The van der Waals surface area contributed by atoms with Crippen LogP contribution < -0.4 is 5.32 Å². The Bertz CT molecular complexity index is 579. The van der Waals surface area contributed by atoms with Crippen molar-refractivity contribution in [3.63, 3.8) is 0 Å². The third-order valence-corrected chi connectivity index (χ3v) is 4.71. The highest BCUT2D eigenvalue weighted by molar-refractivity contribution is 7.99. The average molecular weight is 288 g/mol. The largest absolute Gasteiger partial charge is 0.308 e. The first-order valence-electron chi connectivity index (χ1n) is 7.06. The van der Waals surface area contributed by atoms with Crippen LogP contribution in [0.1, 0.15) is 31.2 Å². The van der Waals surface area contributed by atoms with Crippen LogP contribution in [0.4, 0.5) is 0 Å². The van der Waals surface area contributed by atoms with Gasteiger partial charge < -0.3 is 5.32 Å². The molecule has 0 fully saturated rings. The summed E-state index contributed by atoms with van der Waals surface area (Å²) in [6, 6.07) is 9.13. The van der Waals surface area contributed by atoms with Crippen molar-refractivity contribution in [1.82, 2.24) is 20.1 Å². The van der Waals surface area contributed by atoms with Gasteiger partial charge in [-0.15, -0.1) is 11.8 Å². The van der Waals surface area contributed by atoms with Crippen LogP contribution in [-0.2, 0) is 13.1 Å². The summed E-state index contributed by atoms with van der Waals surface area (Å²) < 4.78 is 1.98. The molecule has 3 rings (SSSR count). The molecular weight excluding hydrogens is 268 g/mol. The molecule has 1 N–H and O–H groups in total. The molecule has 1 atom stereocenters. The molecule has 2 heterocycles. The molecule has 0 amide bonds. The molecule has 2 aromatic rings. The van der Waals surface area contributed by atoms with Crippen LogP contribution in [-0.4, -0.2) is 26.6 Å². The number of benzene rings is 1. The molecule has 1 aromatic carbocycles. The van der Waals surface area contributed by atoms with E-state index in [0.717, 1.165) is 24.7 Å². The Morgan fingerprint density at radius 2 is 2.25 bits per heavy atom. The fourth-order valence-corrected chi connectivity index (χ4v) is 3.65. The maximum atomic E-state index is 4.55. The van der Waals surface area contributed by atoms with Crippen LogP contribution in [0.15, 0.2) is 35.5 Å². The summed E-state index contributed by atoms with van der Waals surface area (Å²) in [5.41, 5.74) is 1.45. The number of hydrogen-bond donors (Lipinski definition) is 1. The van der Waals surface area contributed by atoms with E-state index in [1.54, 1.807) is 0 Å². The van der Waals surface area contributed by atoms with E-state index >= 15 is 0 Å². The highest BCUT2D eigenvalue weighted by Crippen LogP contribution is 2.39. The molecule has 1 unspecified atom stereocenters. The standard InChI is InChI=1S/C15H20N4S/c1-11(2)16-7-15-17-10-19(18-15)8-12-9-20-14-6-4-3-5-13(12)14/h3-6,10-12,16H,7-9H2,1-2H3. The van der Waals surface area contributed by atoms with Crippen molar-refractivity contribution in [3.8, 4) is 0 Å². The van der Waals surface area contributed by atoms with Crippen molar-refractivity contribution >= 4 is 11.8 Å². The van der Waals surface area contributed by atoms with Crippen LogP contribution in [0, 0.1) is 0 Å². The Kier molecular flexibility index (Phi) is 4.08. The van der Waals surface area contributed by atoms with Crippen molar-refractivity contribution in [2.75, 3.05) is 5.75 Å². The topological polar surface area (TPSA) is 42.7 Å². The minimum absolute atomic E-state index is 0.458. The average Bonchev–Trinajstić information content (AvgIpc) is 3.05. The lowest BCUT2D eigenvalue weighted by atomic mass is 10.0. The third kappa shape index (κ3) is 3.04. The molecule has 1 aliphatic rings. The Balaban J connectivity index is 1.64. The maximum Gasteiger partial charge on any atom is 0.164 e. The molecule has 0 bridgehead atoms. The second kappa shape index (κ2) is 5.97. The number of hydrogen-bond acceptors (Lipinski definition) is 4. The second-order valence-corrected chi connectivity index (χ2v) is 6.53. The summed E-state index contributed by atoms with van der Waals surface area (Å²) in [6.45, 7) is 5.91. The lowest BCUT2D eigenvalue weighted by Gasteiger charge is -2.10. The van der Waals surface area contributed by atoms with E-state index in [-0.39, 0.29) is 0 Å². The molecule has 0 aliphatic carbocycles. The Labute approximate surface area is 124 Å². The molecule has 1 aliphatic heterocycles. The van der Waals surface area contributed by atoms with Gasteiger partial charge in [0.05, 0.1) is 13.1 Å². The van der Waals surface area contributed by atoms with E-state index in [1.807, 2.05) is 22.8 Å². The predicted molar refractivity (Wildman–Crippen MR) is 81.9 cm³/mol. The zero-order valence-electron chi connectivity index (χ0n) is 11.9. The van der Waals surface area contributed by atoms with Gasteiger partial charge in [-0.05, 0) is 11.6 Å². The van der Waals surface area contributed by atoms with Crippen LogP contribution in [0.2, 0.25) is 0 Å². The molecule has 0 saturated heterocycles. The van der Waals surface area contributed by atoms with Gasteiger partial charge in [0.25, 0.3) is 0 Å². The quantitative estimate of drug-likeness (QED) is 0.918. The van der Waals surface area contributed by atoms with Crippen molar-refractivity contribution in [2.24, 2.45) is 0 Å². The van der Waals surface area contributed by atoms with Gasteiger partial charge in [0, 0.05) is 22.6 Å². The van der Waals surface area contributed by atoms with Gasteiger partial charge in [-0.3, -0.25) is 4.68 Å². The van der Waals surface area contributed by atoms with Gasteiger partial charge in [0.1, 0.15) is 6.33 Å². The summed E-state index contributed by atoms with van der Waals surface area (Å²) in [4.78, 5) is 5.78. The molecule has 1 aromatic heterocycles. The summed E-state index contributed by atoms with van der Waals surface area (Å²) in [7, 11) is 0. The predicted octanol–water partition coefficient (Wildman–Crippen LogP) is 2.67. The van der Waals surface area contributed by atoms with Crippen molar-refractivity contribution in [3.05, 3.63) is 42.0 Å². The van der Waals surface area contributed by atoms with Gasteiger partial charge in [0.2, 0.25) is 0 Å². The number of nitrogens with zero attached hydrogens (tertiary/aromatic N) is 3. The monoisotopic (exact) mass is 288 g/mol. The van der Waals surface area contributed by atoms with Gasteiger partial charge in [-0.1, -0.05) is 32.0 Å². The molecule has 5 heteroatoms. The zero-order chi connectivity index (χ0) is 13.9. The molecular formula is C15H20N4S. The lowest BCUT2D eigenvalue weighted by molar-refractivity contribution is 0.529. The highest BCUT2D eigenvalue weighted by atomic mass is 32.2. The maximum absolute atomic E-state index is 4.55. The first-order chi connectivity index (χ1) is 9.72. The van der Waals surface area contributed by atoms with E-state index in [4.69, 9.17) is 0 Å².